The van der Waals surface area contributed by atoms with Crippen molar-refractivity contribution in [2.45, 2.75) is 25.3 Å². The van der Waals surface area contributed by atoms with E-state index in [1.165, 1.54) is 28.6 Å². The van der Waals surface area contributed by atoms with Crippen LogP contribution in [0.1, 0.15) is 28.5 Å². The van der Waals surface area contributed by atoms with E-state index in [-0.39, 0.29) is 10.8 Å². The molecule has 8 heteroatoms. The second-order valence-corrected chi connectivity index (χ2v) is 9.66. The molecule has 174 valence electrons. The number of nitrogens with one attached hydrogen (secondary N) is 1. The van der Waals surface area contributed by atoms with Crippen molar-refractivity contribution in [1.29, 1.82) is 0 Å². The van der Waals surface area contributed by atoms with E-state index in [1.54, 1.807) is 41.9 Å². The molecule has 4 rings (SSSR count). The van der Waals surface area contributed by atoms with Crippen LogP contribution in [-0.4, -0.2) is 30.7 Å². The van der Waals surface area contributed by atoms with E-state index in [4.69, 9.17) is 0 Å². The van der Waals surface area contributed by atoms with Gasteiger partial charge in [0.15, 0.2) is 0 Å². The molecule has 1 amide bonds. The fourth-order valence-electron chi connectivity index (χ4n) is 3.70. The molecule has 34 heavy (non-hydrogen) atoms. The Labute approximate surface area is 199 Å². The van der Waals surface area contributed by atoms with Crippen LogP contribution in [-0.2, 0) is 16.6 Å². The fraction of sp³-hybridized carbons (Fsp3) is 0.154. The van der Waals surface area contributed by atoms with Crippen LogP contribution in [0.3, 0.4) is 0 Å². The lowest BCUT2D eigenvalue weighted by molar-refractivity contribution is 0.102. The van der Waals surface area contributed by atoms with Crippen LogP contribution in [0.15, 0.2) is 95.9 Å². The maximum absolute atomic E-state index is 13.2. The molecule has 4 aromatic rings. The minimum Gasteiger partial charge on any atom is -0.307 e. The lowest BCUT2D eigenvalue weighted by atomic mass is 10.2. The average molecular weight is 475 g/mol. The van der Waals surface area contributed by atoms with Gasteiger partial charge in [0.25, 0.3) is 15.9 Å². The van der Waals surface area contributed by atoms with E-state index in [9.17, 15) is 13.2 Å². The highest BCUT2D eigenvalue weighted by Gasteiger charge is 2.24. The van der Waals surface area contributed by atoms with Gasteiger partial charge in [-0.25, -0.2) is 13.1 Å². The molecular formula is C26H26N4O3S. The van der Waals surface area contributed by atoms with E-state index in [2.05, 4.69) is 10.4 Å². The molecule has 0 bridgehead atoms. The Morgan fingerprint density at radius 1 is 0.941 bits per heavy atom. The highest BCUT2D eigenvalue weighted by Crippen LogP contribution is 2.24. The van der Waals surface area contributed by atoms with Gasteiger partial charge in [0, 0.05) is 18.2 Å². The van der Waals surface area contributed by atoms with Crippen LogP contribution in [0, 0.1) is 6.92 Å². The van der Waals surface area contributed by atoms with Crippen molar-refractivity contribution in [3.8, 4) is 0 Å². The minimum absolute atomic E-state index is 0.125. The predicted octanol–water partition coefficient (Wildman–Crippen LogP) is 4.71. The largest absolute Gasteiger partial charge is 0.307 e. The second kappa shape index (κ2) is 9.93. The summed E-state index contributed by atoms with van der Waals surface area (Å²) in [5.74, 6) is 0.234. The molecule has 0 aliphatic carbocycles. The zero-order valence-corrected chi connectivity index (χ0v) is 19.9. The number of amides is 1. The van der Waals surface area contributed by atoms with Crippen LogP contribution in [0.4, 0.5) is 11.5 Å². The van der Waals surface area contributed by atoms with Gasteiger partial charge in [-0.3, -0.25) is 9.10 Å². The smallest absolute Gasteiger partial charge is 0.264 e. The summed E-state index contributed by atoms with van der Waals surface area (Å²) in [5, 5.41) is 7.36. The maximum atomic E-state index is 13.2. The first-order chi connectivity index (χ1) is 16.4. The molecule has 0 fully saturated rings. The maximum Gasteiger partial charge on any atom is 0.264 e. The number of sulfonamides is 1. The molecule has 0 saturated heterocycles. The number of carbonyl (C=O) groups excluding carboxylic acids is 1. The Hall–Kier alpha value is -3.91. The van der Waals surface area contributed by atoms with E-state index >= 15 is 0 Å². The summed E-state index contributed by atoms with van der Waals surface area (Å²) in [7, 11) is -3.76. The molecule has 0 saturated carbocycles. The van der Waals surface area contributed by atoms with Gasteiger partial charge in [-0.15, -0.1) is 0 Å². The van der Waals surface area contributed by atoms with Gasteiger partial charge in [-0.1, -0.05) is 48.5 Å². The quantitative estimate of drug-likeness (QED) is 0.401. The van der Waals surface area contributed by atoms with E-state index < -0.39 is 10.0 Å². The molecule has 3 aromatic carbocycles. The highest BCUT2D eigenvalue weighted by atomic mass is 32.2. The van der Waals surface area contributed by atoms with Gasteiger partial charge in [0.1, 0.15) is 5.82 Å². The van der Waals surface area contributed by atoms with Crippen molar-refractivity contribution in [3.63, 3.8) is 0 Å². The average Bonchev–Trinajstić information content (AvgIpc) is 3.19. The van der Waals surface area contributed by atoms with Crippen LogP contribution in [0.5, 0.6) is 0 Å². The third-order valence-corrected chi connectivity index (χ3v) is 7.27. The summed E-state index contributed by atoms with van der Waals surface area (Å²) in [6, 6.07) is 26.6. The van der Waals surface area contributed by atoms with Crippen molar-refractivity contribution in [3.05, 3.63) is 108 Å². The molecule has 0 aliphatic rings. The van der Waals surface area contributed by atoms with Gasteiger partial charge in [0.2, 0.25) is 0 Å². The summed E-state index contributed by atoms with van der Waals surface area (Å²) in [6.07, 6.45) is 0. The SMILES string of the molecule is CCN(c1ccccc1)S(=O)(=O)c1ccc(C(=O)Nc2cc(C)nn2Cc2ccccc2)cc1. The van der Waals surface area contributed by atoms with E-state index in [1.807, 2.05) is 43.3 Å². The number of benzene rings is 3. The number of para-hydroxylation sites is 1. The molecule has 0 unspecified atom stereocenters. The first-order valence-electron chi connectivity index (χ1n) is 11.0. The third kappa shape index (κ3) is 5.02. The fourth-order valence-corrected chi connectivity index (χ4v) is 5.18. The van der Waals surface area contributed by atoms with E-state index in [0.29, 0.717) is 30.2 Å². The molecule has 1 heterocycles. The summed E-state index contributed by atoms with van der Waals surface area (Å²) in [6.45, 7) is 4.46. The van der Waals surface area contributed by atoms with Crippen LogP contribution < -0.4 is 9.62 Å². The molecule has 7 nitrogen and oxygen atoms in total. The van der Waals surface area contributed by atoms with Crippen LogP contribution in [0.25, 0.3) is 0 Å². The third-order valence-electron chi connectivity index (χ3n) is 5.35. The van der Waals surface area contributed by atoms with Gasteiger partial charge in [0.05, 0.1) is 22.8 Å². The summed E-state index contributed by atoms with van der Waals surface area (Å²) in [4.78, 5) is 13.0. The molecule has 0 atom stereocenters. The van der Waals surface area contributed by atoms with Crippen molar-refractivity contribution in [1.82, 2.24) is 9.78 Å². The molecule has 0 aliphatic heterocycles. The van der Waals surface area contributed by atoms with Gasteiger partial charge < -0.3 is 5.32 Å². The summed E-state index contributed by atoms with van der Waals surface area (Å²) < 4.78 is 29.4. The zero-order valence-electron chi connectivity index (χ0n) is 19.0. The van der Waals surface area contributed by atoms with Crippen LogP contribution in [0.2, 0.25) is 0 Å². The van der Waals surface area contributed by atoms with Crippen molar-refractivity contribution in [2.75, 3.05) is 16.2 Å². The number of rotatable bonds is 8. The van der Waals surface area contributed by atoms with Crippen molar-refractivity contribution >= 4 is 27.4 Å². The number of aryl methyl sites for hydroxylation is 1. The molecule has 0 radical (unpaired) electrons. The van der Waals surface area contributed by atoms with Gasteiger partial charge in [-0.2, -0.15) is 5.10 Å². The minimum atomic E-state index is -3.76. The van der Waals surface area contributed by atoms with E-state index in [0.717, 1.165) is 11.3 Å². The van der Waals surface area contributed by atoms with Crippen LogP contribution >= 0.6 is 0 Å². The highest BCUT2D eigenvalue weighted by molar-refractivity contribution is 7.92. The first-order valence-corrected chi connectivity index (χ1v) is 12.4. The lowest BCUT2D eigenvalue weighted by Gasteiger charge is -2.23. The number of anilines is 2. The first kappa shape index (κ1) is 23.3. The Bertz CT molecular complexity index is 1370. The monoisotopic (exact) mass is 474 g/mol. The molecule has 1 aromatic heterocycles. The second-order valence-electron chi connectivity index (χ2n) is 7.80. The molecular weight excluding hydrogens is 448 g/mol. The number of hydrogen-bond acceptors (Lipinski definition) is 4. The number of aromatic nitrogens is 2. The normalized spacial score (nSPS) is 11.2. The van der Waals surface area contributed by atoms with Gasteiger partial charge in [-0.05, 0) is 55.8 Å². The Kier molecular flexibility index (Phi) is 6.79. The number of hydrogen-bond donors (Lipinski definition) is 1. The summed E-state index contributed by atoms with van der Waals surface area (Å²) in [5.41, 5.74) is 2.79. The lowest BCUT2D eigenvalue weighted by Crippen LogP contribution is -2.30. The van der Waals surface area contributed by atoms with Crippen molar-refractivity contribution in [2.24, 2.45) is 0 Å². The summed E-state index contributed by atoms with van der Waals surface area (Å²) >= 11 is 0. The predicted molar refractivity (Wildman–Crippen MR) is 134 cm³/mol. The molecule has 1 N–H and O–H groups in total. The molecule has 0 spiro atoms. The van der Waals surface area contributed by atoms with Crippen molar-refractivity contribution < 1.29 is 13.2 Å². The van der Waals surface area contributed by atoms with Gasteiger partial charge >= 0.3 is 0 Å². The Morgan fingerprint density at radius 3 is 2.18 bits per heavy atom. The topological polar surface area (TPSA) is 84.3 Å². The number of nitrogens with zero attached hydrogens (tertiary/aromatic N) is 3. The standard InChI is InChI=1S/C26H26N4O3S/c1-3-30(23-12-8-5-9-13-23)34(32,33)24-16-14-22(15-17-24)26(31)27-25-18-20(2)28-29(25)19-21-10-6-4-7-11-21/h4-18H,3,19H2,1-2H3,(H,27,31). The Balaban J connectivity index is 1.52. The zero-order chi connectivity index (χ0) is 24.1. The Morgan fingerprint density at radius 2 is 1.56 bits per heavy atom. The number of carbonyl (C=O) groups is 1.